The van der Waals surface area contributed by atoms with Crippen LogP contribution in [0, 0.1) is 0 Å². The Bertz CT molecular complexity index is 306. The Labute approximate surface area is 86.5 Å². The molecule has 14 heavy (non-hydrogen) atoms. The highest BCUT2D eigenvalue weighted by Crippen LogP contribution is 2.26. The fourth-order valence-electron chi connectivity index (χ4n) is 2.26. The van der Waals surface area contributed by atoms with E-state index in [4.69, 9.17) is 0 Å². The molecule has 1 aromatic carbocycles. The van der Waals surface area contributed by atoms with E-state index in [0.717, 1.165) is 18.9 Å². The number of hydrogen-bond donors (Lipinski definition) is 1. The number of rotatable bonds is 2. The Balaban J connectivity index is 2.15. The molecule has 0 saturated carbocycles. The zero-order chi connectivity index (χ0) is 9.97. The number of benzene rings is 1. The van der Waals surface area contributed by atoms with Gasteiger partial charge in [0.25, 0.3) is 0 Å². The minimum atomic E-state index is 0.685. The van der Waals surface area contributed by atoms with Crippen molar-refractivity contribution in [3.8, 4) is 0 Å². The minimum Gasteiger partial charge on any atom is -0.314 e. The molecule has 1 aliphatic rings. The summed E-state index contributed by atoms with van der Waals surface area (Å²) in [4.78, 5) is 0. The SMILES string of the molecule is CCc1cccc(C2CNC(C)C2)c1. The Morgan fingerprint density at radius 3 is 2.93 bits per heavy atom. The first kappa shape index (κ1) is 9.72. The molecule has 0 radical (unpaired) electrons. The molecular weight excluding hydrogens is 170 g/mol. The molecule has 1 aliphatic heterocycles. The lowest BCUT2D eigenvalue weighted by Crippen LogP contribution is -2.16. The third-order valence-corrected chi connectivity index (χ3v) is 3.18. The van der Waals surface area contributed by atoms with Crippen molar-refractivity contribution in [3.63, 3.8) is 0 Å². The van der Waals surface area contributed by atoms with E-state index in [1.807, 2.05) is 0 Å². The lowest BCUT2D eigenvalue weighted by molar-refractivity contribution is 0.658. The fourth-order valence-corrected chi connectivity index (χ4v) is 2.26. The van der Waals surface area contributed by atoms with Gasteiger partial charge in [-0.25, -0.2) is 0 Å². The van der Waals surface area contributed by atoms with E-state index < -0.39 is 0 Å². The summed E-state index contributed by atoms with van der Waals surface area (Å²) in [5, 5.41) is 3.51. The van der Waals surface area contributed by atoms with Gasteiger partial charge in [-0.05, 0) is 36.8 Å². The predicted molar refractivity (Wildman–Crippen MR) is 60.6 cm³/mol. The zero-order valence-corrected chi connectivity index (χ0v) is 9.09. The van der Waals surface area contributed by atoms with Crippen LogP contribution in [0.25, 0.3) is 0 Å². The van der Waals surface area contributed by atoms with Crippen molar-refractivity contribution in [1.29, 1.82) is 0 Å². The van der Waals surface area contributed by atoms with Crippen molar-refractivity contribution in [3.05, 3.63) is 35.4 Å². The maximum atomic E-state index is 3.51. The molecule has 76 valence electrons. The van der Waals surface area contributed by atoms with Gasteiger partial charge in [-0.3, -0.25) is 0 Å². The number of nitrogens with one attached hydrogen (secondary N) is 1. The van der Waals surface area contributed by atoms with Crippen LogP contribution in [0.5, 0.6) is 0 Å². The van der Waals surface area contributed by atoms with Gasteiger partial charge in [0.05, 0.1) is 0 Å². The maximum absolute atomic E-state index is 3.51. The van der Waals surface area contributed by atoms with Crippen molar-refractivity contribution in [2.75, 3.05) is 6.54 Å². The third kappa shape index (κ3) is 1.98. The van der Waals surface area contributed by atoms with E-state index in [1.165, 1.54) is 17.5 Å². The van der Waals surface area contributed by atoms with Gasteiger partial charge in [-0.15, -0.1) is 0 Å². The second kappa shape index (κ2) is 4.14. The molecule has 0 bridgehead atoms. The van der Waals surface area contributed by atoms with E-state index in [0.29, 0.717) is 6.04 Å². The molecule has 1 nitrogen and oxygen atoms in total. The molecule has 2 atom stereocenters. The summed E-state index contributed by atoms with van der Waals surface area (Å²) >= 11 is 0. The highest BCUT2D eigenvalue weighted by Gasteiger charge is 2.21. The molecule has 0 aromatic heterocycles. The fraction of sp³-hybridized carbons (Fsp3) is 0.538. The quantitative estimate of drug-likeness (QED) is 0.754. The standard InChI is InChI=1S/C13H19N/c1-3-11-5-4-6-12(8-11)13-7-10(2)14-9-13/h4-6,8,10,13-14H,3,7,9H2,1-2H3. The lowest BCUT2D eigenvalue weighted by Gasteiger charge is -2.10. The summed E-state index contributed by atoms with van der Waals surface area (Å²) in [6.07, 6.45) is 2.43. The zero-order valence-electron chi connectivity index (χ0n) is 9.09. The van der Waals surface area contributed by atoms with Crippen LogP contribution < -0.4 is 5.32 Å². The van der Waals surface area contributed by atoms with Gasteiger partial charge < -0.3 is 5.32 Å². The Morgan fingerprint density at radius 2 is 2.29 bits per heavy atom. The summed E-state index contributed by atoms with van der Waals surface area (Å²) in [6.45, 7) is 5.63. The first-order valence-electron chi connectivity index (χ1n) is 5.62. The van der Waals surface area contributed by atoms with Crippen LogP contribution in [0.2, 0.25) is 0 Å². The van der Waals surface area contributed by atoms with Crippen LogP contribution in [0.3, 0.4) is 0 Å². The molecule has 1 aromatic rings. The van der Waals surface area contributed by atoms with Crippen molar-refractivity contribution in [2.24, 2.45) is 0 Å². The predicted octanol–water partition coefficient (Wildman–Crippen LogP) is 2.71. The first-order chi connectivity index (χ1) is 6.79. The molecule has 2 rings (SSSR count). The summed E-state index contributed by atoms with van der Waals surface area (Å²) in [6, 6.07) is 9.73. The highest BCUT2D eigenvalue weighted by atomic mass is 14.9. The Kier molecular flexibility index (Phi) is 2.87. The Morgan fingerprint density at radius 1 is 1.43 bits per heavy atom. The second-order valence-corrected chi connectivity index (χ2v) is 4.34. The highest BCUT2D eigenvalue weighted by molar-refractivity contribution is 5.27. The smallest absolute Gasteiger partial charge is 0.00452 e. The first-order valence-corrected chi connectivity index (χ1v) is 5.62. The molecule has 1 fully saturated rings. The van der Waals surface area contributed by atoms with E-state index >= 15 is 0 Å². The molecule has 0 aliphatic carbocycles. The van der Waals surface area contributed by atoms with Crippen LogP contribution >= 0.6 is 0 Å². The van der Waals surface area contributed by atoms with E-state index in [2.05, 4.69) is 43.4 Å². The van der Waals surface area contributed by atoms with Crippen LogP contribution in [-0.2, 0) is 6.42 Å². The summed E-state index contributed by atoms with van der Waals surface area (Å²) in [5.74, 6) is 0.733. The number of aryl methyl sites for hydroxylation is 1. The van der Waals surface area contributed by atoms with Gasteiger partial charge in [0.15, 0.2) is 0 Å². The molecule has 0 spiro atoms. The largest absolute Gasteiger partial charge is 0.314 e. The minimum absolute atomic E-state index is 0.685. The van der Waals surface area contributed by atoms with Crippen molar-refractivity contribution in [1.82, 2.24) is 5.32 Å². The van der Waals surface area contributed by atoms with E-state index in [9.17, 15) is 0 Å². The van der Waals surface area contributed by atoms with Gasteiger partial charge >= 0.3 is 0 Å². The molecule has 0 amide bonds. The lowest BCUT2D eigenvalue weighted by atomic mass is 9.95. The van der Waals surface area contributed by atoms with E-state index in [-0.39, 0.29) is 0 Å². The average molecular weight is 189 g/mol. The molecule has 1 heterocycles. The second-order valence-electron chi connectivity index (χ2n) is 4.34. The van der Waals surface area contributed by atoms with Crippen LogP contribution in [-0.4, -0.2) is 12.6 Å². The van der Waals surface area contributed by atoms with Gasteiger partial charge in [-0.1, -0.05) is 31.2 Å². The molecular formula is C13H19N. The van der Waals surface area contributed by atoms with Gasteiger partial charge in [0, 0.05) is 12.6 Å². The molecule has 1 saturated heterocycles. The molecule has 1 N–H and O–H groups in total. The van der Waals surface area contributed by atoms with Crippen LogP contribution in [0.15, 0.2) is 24.3 Å². The topological polar surface area (TPSA) is 12.0 Å². The number of hydrogen-bond acceptors (Lipinski definition) is 1. The van der Waals surface area contributed by atoms with E-state index in [1.54, 1.807) is 0 Å². The molecule has 1 heteroatoms. The molecule has 2 unspecified atom stereocenters. The van der Waals surface area contributed by atoms with Crippen molar-refractivity contribution < 1.29 is 0 Å². The third-order valence-electron chi connectivity index (χ3n) is 3.18. The van der Waals surface area contributed by atoms with Crippen molar-refractivity contribution >= 4 is 0 Å². The monoisotopic (exact) mass is 189 g/mol. The van der Waals surface area contributed by atoms with Crippen LogP contribution in [0.4, 0.5) is 0 Å². The van der Waals surface area contributed by atoms with Crippen LogP contribution in [0.1, 0.15) is 37.3 Å². The average Bonchev–Trinajstić information content (AvgIpc) is 2.65. The normalized spacial score (nSPS) is 26.7. The van der Waals surface area contributed by atoms with Gasteiger partial charge in [-0.2, -0.15) is 0 Å². The summed E-state index contributed by atoms with van der Waals surface area (Å²) in [5.41, 5.74) is 2.98. The summed E-state index contributed by atoms with van der Waals surface area (Å²) in [7, 11) is 0. The maximum Gasteiger partial charge on any atom is 0.00452 e. The Hall–Kier alpha value is -0.820. The van der Waals surface area contributed by atoms with Gasteiger partial charge in [0.2, 0.25) is 0 Å². The van der Waals surface area contributed by atoms with Gasteiger partial charge in [0.1, 0.15) is 0 Å². The summed E-state index contributed by atoms with van der Waals surface area (Å²) < 4.78 is 0. The van der Waals surface area contributed by atoms with Crippen molar-refractivity contribution in [2.45, 2.75) is 38.6 Å².